The summed E-state index contributed by atoms with van der Waals surface area (Å²) in [6.45, 7) is 6.93. The zero-order chi connectivity index (χ0) is 21.3. The Morgan fingerprint density at radius 1 is 0.967 bits per heavy atom. The van der Waals surface area contributed by atoms with E-state index in [0.717, 1.165) is 30.2 Å². The number of carbonyl (C=O) groups excluding carboxylic acids is 1. The Morgan fingerprint density at radius 2 is 1.57 bits per heavy atom. The van der Waals surface area contributed by atoms with Crippen LogP contribution in [-0.2, 0) is 0 Å². The van der Waals surface area contributed by atoms with Crippen LogP contribution in [0.4, 0.5) is 5.69 Å². The smallest absolute Gasteiger partial charge is 0.257 e. The molecular formula is C23H25ClN4O2. The van der Waals surface area contributed by atoms with Gasteiger partial charge in [0.15, 0.2) is 0 Å². The number of hydrogen-bond donors (Lipinski definition) is 1. The third kappa shape index (κ3) is 4.00. The summed E-state index contributed by atoms with van der Waals surface area (Å²) in [6.07, 6.45) is 1.68. The number of rotatable bonds is 4. The molecule has 0 spiro atoms. The number of aromatic nitrogens is 2. The zero-order valence-electron chi connectivity index (χ0n) is 17.1. The Labute approximate surface area is 181 Å². The van der Waals surface area contributed by atoms with Gasteiger partial charge in [0.25, 0.3) is 5.91 Å². The van der Waals surface area contributed by atoms with Gasteiger partial charge in [-0.05, 0) is 54.4 Å². The van der Waals surface area contributed by atoms with E-state index in [-0.39, 0.29) is 17.6 Å². The van der Waals surface area contributed by atoms with Crippen molar-refractivity contribution < 1.29 is 9.90 Å². The Morgan fingerprint density at radius 3 is 2.17 bits per heavy atom. The van der Waals surface area contributed by atoms with Crippen LogP contribution in [0.25, 0.3) is 5.69 Å². The van der Waals surface area contributed by atoms with Crippen molar-refractivity contribution in [2.75, 3.05) is 31.1 Å². The molecule has 1 N–H and O–H groups in total. The maximum atomic E-state index is 13.3. The first-order valence-corrected chi connectivity index (χ1v) is 10.5. The number of hydrogen-bond acceptors (Lipinski definition) is 4. The van der Waals surface area contributed by atoms with E-state index in [1.54, 1.807) is 18.3 Å². The molecule has 1 aliphatic heterocycles. The van der Waals surface area contributed by atoms with Gasteiger partial charge in [-0.25, -0.2) is 4.68 Å². The molecule has 0 atom stereocenters. The van der Waals surface area contributed by atoms with Crippen LogP contribution < -0.4 is 4.90 Å². The highest BCUT2D eigenvalue weighted by Crippen LogP contribution is 2.26. The van der Waals surface area contributed by atoms with E-state index < -0.39 is 0 Å². The van der Waals surface area contributed by atoms with Crippen molar-refractivity contribution in [3.63, 3.8) is 0 Å². The summed E-state index contributed by atoms with van der Waals surface area (Å²) >= 11 is 6.02. The highest BCUT2D eigenvalue weighted by Gasteiger charge is 2.27. The maximum absolute atomic E-state index is 13.3. The van der Waals surface area contributed by atoms with Gasteiger partial charge in [0.05, 0.1) is 23.1 Å². The first kappa shape index (κ1) is 20.3. The van der Waals surface area contributed by atoms with Crippen molar-refractivity contribution in [1.29, 1.82) is 0 Å². The van der Waals surface area contributed by atoms with Crippen LogP contribution in [0, 0.1) is 0 Å². The standard InChI is InChI=1S/C23H25ClN4O2/c1-16(2)22-21(15-25-28(22)19-5-3-17(24)4-6-19)23(30)27-13-11-26(12-14-27)18-7-9-20(29)10-8-18/h3-10,15-16,29H,11-14H2,1-2H3. The number of aromatic hydroxyl groups is 1. The third-order valence-corrected chi connectivity index (χ3v) is 5.69. The molecular weight excluding hydrogens is 400 g/mol. The summed E-state index contributed by atoms with van der Waals surface area (Å²) in [4.78, 5) is 17.4. The molecule has 2 aromatic carbocycles. The molecule has 1 fully saturated rings. The van der Waals surface area contributed by atoms with Crippen molar-refractivity contribution in [3.8, 4) is 11.4 Å². The minimum atomic E-state index is 0.0178. The summed E-state index contributed by atoms with van der Waals surface area (Å²) in [5.41, 5.74) is 3.50. The fourth-order valence-corrected chi connectivity index (χ4v) is 3.99. The van der Waals surface area contributed by atoms with E-state index in [1.807, 2.05) is 46.0 Å². The molecule has 4 rings (SSSR count). The van der Waals surface area contributed by atoms with Crippen molar-refractivity contribution in [1.82, 2.24) is 14.7 Å². The number of carbonyl (C=O) groups is 1. The van der Waals surface area contributed by atoms with E-state index in [2.05, 4.69) is 23.8 Å². The molecule has 1 aromatic heterocycles. The minimum absolute atomic E-state index is 0.0178. The molecule has 1 aliphatic rings. The van der Waals surface area contributed by atoms with Gasteiger partial charge in [-0.1, -0.05) is 25.4 Å². The Kier molecular flexibility index (Phi) is 5.68. The third-order valence-electron chi connectivity index (χ3n) is 5.44. The number of halogens is 1. The van der Waals surface area contributed by atoms with Crippen LogP contribution in [0.15, 0.2) is 54.7 Å². The van der Waals surface area contributed by atoms with E-state index >= 15 is 0 Å². The quantitative estimate of drug-likeness (QED) is 0.677. The Bertz CT molecular complexity index is 1020. The average Bonchev–Trinajstić information content (AvgIpc) is 3.20. The van der Waals surface area contributed by atoms with Gasteiger partial charge < -0.3 is 14.9 Å². The molecule has 0 saturated carbocycles. The predicted octanol–water partition coefficient (Wildman–Crippen LogP) is 4.32. The van der Waals surface area contributed by atoms with Gasteiger partial charge in [0.2, 0.25) is 0 Å². The van der Waals surface area contributed by atoms with Crippen LogP contribution in [0.2, 0.25) is 5.02 Å². The van der Waals surface area contributed by atoms with Crippen LogP contribution in [-0.4, -0.2) is 51.9 Å². The van der Waals surface area contributed by atoms with Gasteiger partial charge in [-0.3, -0.25) is 4.79 Å². The molecule has 0 bridgehead atoms. The summed E-state index contributed by atoms with van der Waals surface area (Å²) in [7, 11) is 0. The minimum Gasteiger partial charge on any atom is -0.508 e. The lowest BCUT2D eigenvalue weighted by Crippen LogP contribution is -2.49. The molecule has 1 saturated heterocycles. The predicted molar refractivity (Wildman–Crippen MR) is 119 cm³/mol. The van der Waals surface area contributed by atoms with Crippen LogP contribution in [0.3, 0.4) is 0 Å². The number of amides is 1. The molecule has 0 radical (unpaired) electrons. The van der Waals surface area contributed by atoms with Crippen LogP contribution >= 0.6 is 11.6 Å². The number of phenols is 1. The summed E-state index contributed by atoms with van der Waals surface area (Å²) in [5, 5.41) is 14.7. The second-order valence-corrected chi connectivity index (χ2v) is 8.22. The first-order valence-electron chi connectivity index (χ1n) is 10.1. The second kappa shape index (κ2) is 8.40. The van der Waals surface area contributed by atoms with Crippen molar-refractivity contribution in [3.05, 3.63) is 71.0 Å². The van der Waals surface area contributed by atoms with Crippen LogP contribution in [0.1, 0.15) is 35.8 Å². The number of benzene rings is 2. The fraction of sp³-hybridized carbons (Fsp3) is 0.304. The summed E-state index contributed by atoms with van der Waals surface area (Å²) in [6, 6.07) is 14.6. The highest BCUT2D eigenvalue weighted by molar-refractivity contribution is 6.30. The molecule has 6 nitrogen and oxygen atoms in total. The SMILES string of the molecule is CC(C)c1c(C(=O)N2CCN(c3ccc(O)cc3)CC2)cnn1-c1ccc(Cl)cc1. The largest absolute Gasteiger partial charge is 0.508 e. The Balaban J connectivity index is 1.52. The van der Waals surface area contributed by atoms with Gasteiger partial charge >= 0.3 is 0 Å². The fourth-order valence-electron chi connectivity index (χ4n) is 3.87. The molecule has 0 aliphatic carbocycles. The molecule has 156 valence electrons. The lowest BCUT2D eigenvalue weighted by atomic mass is 10.0. The molecule has 30 heavy (non-hydrogen) atoms. The van der Waals surface area contributed by atoms with Gasteiger partial charge in [0, 0.05) is 36.9 Å². The summed E-state index contributed by atoms with van der Waals surface area (Å²) in [5.74, 6) is 0.413. The highest BCUT2D eigenvalue weighted by atomic mass is 35.5. The summed E-state index contributed by atoms with van der Waals surface area (Å²) < 4.78 is 1.83. The maximum Gasteiger partial charge on any atom is 0.257 e. The monoisotopic (exact) mass is 424 g/mol. The zero-order valence-corrected chi connectivity index (χ0v) is 17.9. The lowest BCUT2D eigenvalue weighted by molar-refractivity contribution is 0.0745. The van der Waals surface area contributed by atoms with E-state index in [0.29, 0.717) is 23.7 Å². The number of piperazine rings is 1. The molecule has 3 aromatic rings. The number of nitrogens with zero attached hydrogens (tertiary/aromatic N) is 4. The number of anilines is 1. The van der Waals surface area contributed by atoms with Crippen molar-refractivity contribution >= 4 is 23.2 Å². The topological polar surface area (TPSA) is 61.6 Å². The van der Waals surface area contributed by atoms with Crippen molar-refractivity contribution in [2.24, 2.45) is 0 Å². The second-order valence-electron chi connectivity index (χ2n) is 7.78. The van der Waals surface area contributed by atoms with E-state index in [9.17, 15) is 9.90 Å². The molecule has 2 heterocycles. The van der Waals surface area contributed by atoms with Gasteiger partial charge in [-0.2, -0.15) is 5.10 Å². The molecule has 1 amide bonds. The first-order chi connectivity index (χ1) is 14.4. The van der Waals surface area contributed by atoms with Gasteiger partial charge in [-0.15, -0.1) is 0 Å². The van der Waals surface area contributed by atoms with Crippen molar-refractivity contribution in [2.45, 2.75) is 19.8 Å². The molecule has 0 unspecified atom stereocenters. The van der Waals surface area contributed by atoms with Gasteiger partial charge in [0.1, 0.15) is 5.75 Å². The normalized spacial score (nSPS) is 14.4. The van der Waals surface area contributed by atoms with E-state index in [4.69, 9.17) is 11.6 Å². The Hall–Kier alpha value is -2.99. The van der Waals surface area contributed by atoms with Crippen LogP contribution in [0.5, 0.6) is 5.75 Å². The lowest BCUT2D eigenvalue weighted by Gasteiger charge is -2.36. The average molecular weight is 425 g/mol. The number of phenolic OH excluding ortho intramolecular Hbond substituents is 1. The molecule has 7 heteroatoms. The van der Waals surface area contributed by atoms with E-state index in [1.165, 1.54) is 0 Å².